The largest absolute Gasteiger partial charge is 0.392 e. The van der Waals surface area contributed by atoms with Crippen LogP contribution in [0.4, 0.5) is 4.39 Å². The monoisotopic (exact) mass is 304 g/mol. The van der Waals surface area contributed by atoms with Crippen LogP contribution in [0.5, 0.6) is 0 Å². The van der Waals surface area contributed by atoms with Crippen LogP contribution in [-0.2, 0) is 25.7 Å². The molecule has 0 amide bonds. The van der Waals surface area contributed by atoms with Gasteiger partial charge in [0.25, 0.3) is 0 Å². The minimum Gasteiger partial charge on any atom is -0.392 e. The molecule has 0 saturated carbocycles. The molecule has 0 heterocycles. The van der Waals surface area contributed by atoms with E-state index in [0.29, 0.717) is 17.0 Å². The van der Waals surface area contributed by atoms with Crippen LogP contribution in [0.1, 0.15) is 28.7 Å². The highest BCUT2D eigenvalue weighted by molar-refractivity contribution is 6.31. The number of benzene rings is 2. The van der Waals surface area contributed by atoms with Crippen LogP contribution in [0.25, 0.3) is 0 Å². The Bertz CT molecular complexity index is 633. The second kappa shape index (κ2) is 6.17. The number of hydrogen-bond acceptors (Lipinski definition) is 1. The van der Waals surface area contributed by atoms with Crippen molar-refractivity contribution in [2.75, 3.05) is 0 Å². The van der Waals surface area contributed by atoms with E-state index < -0.39 is 6.10 Å². The van der Waals surface area contributed by atoms with E-state index in [-0.39, 0.29) is 12.2 Å². The summed E-state index contributed by atoms with van der Waals surface area (Å²) in [6, 6.07) is 11.0. The van der Waals surface area contributed by atoms with E-state index in [2.05, 4.69) is 18.2 Å². The Balaban J connectivity index is 1.70. The molecule has 0 fully saturated rings. The van der Waals surface area contributed by atoms with E-state index in [4.69, 9.17) is 11.6 Å². The van der Waals surface area contributed by atoms with Gasteiger partial charge in [0, 0.05) is 17.0 Å². The first kappa shape index (κ1) is 14.6. The molecular weight excluding hydrogens is 287 g/mol. The van der Waals surface area contributed by atoms with Gasteiger partial charge in [-0.3, -0.25) is 0 Å². The van der Waals surface area contributed by atoms with E-state index in [9.17, 15) is 9.50 Å². The molecule has 0 spiro atoms. The molecule has 21 heavy (non-hydrogen) atoms. The van der Waals surface area contributed by atoms with Gasteiger partial charge in [-0.05, 0) is 54.5 Å². The van der Waals surface area contributed by atoms with Gasteiger partial charge in [-0.2, -0.15) is 0 Å². The smallest absolute Gasteiger partial charge is 0.127 e. The Labute approximate surface area is 129 Å². The standard InChI is InChI=1S/C18H18ClFO/c19-17-5-2-6-18(20)16(17)11-15(21)10-12-7-8-13-3-1-4-14(13)9-12/h2,5-9,15,21H,1,3-4,10-11H2. The lowest BCUT2D eigenvalue weighted by Gasteiger charge is -2.13. The van der Waals surface area contributed by atoms with Crippen LogP contribution in [0, 0.1) is 5.82 Å². The van der Waals surface area contributed by atoms with Crippen molar-refractivity contribution in [1.29, 1.82) is 0 Å². The molecule has 3 heteroatoms. The van der Waals surface area contributed by atoms with Gasteiger partial charge in [0.15, 0.2) is 0 Å². The van der Waals surface area contributed by atoms with Crippen molar-refractivity contribution in [3.05, 3.63) is 69.5 Å². The zero-order chi connectivity index (χ0) is 14.8. The number of fused-ring (bicyclic) bond motifs is 1. The SMILES string of the molecule is OC(Cc1ccc2c(c1)CCC2)Cc1c(F)cccc1Cl. The number of rotatable bonds is 4. The third kappa shape index (κ3) is 3.28. The molecule has 1 N–H and O–H groups in total. The number of halogens is 2. The van der Waals surface area contributed by atoms with Gasteiger partial charge in [0.1, 0.15) is 5.82 Å². The van der Waals surface area contributed by atoms with E-state index in [1.165, 1.54) is 23.6 Å². The summed E-state index contributed by atoms with van der Waals surface area (Å²) in [5, 5.41) is 10.6. The van der Waals surface area contributed by atoms with Crippen LogP contribution in [0.15, 0.2) is 36.4 Å². The van der Waals surface area contributed by atoms with Gasteiger partial charge >= 0.3 is 0 Å². The summed E-state index contributed by atoms with van der Waals surface area (Å²) in [5.41, 5.74) is 4.32. The number of aliphatic hydroxyl groups is 1. The maximum absolute atomic E-state index is 13.7. The molecule has 3 rings (SSSR count). The van der Waals surface area contributed by atoms with Crippen LogP contribution in [-0.4, -0.2) is 11.2 Å². The summed E-state index contributed by atoms with van der Waals surface area (Å²) in [4.78, 5) is 0. The average molecular weight is 305 g/mol. The molecule has 2 aromatic carbocycles. The molecule has 0 aliphatic heterocycles. The quantitative estimate of drug-likeness (QED) is 0.901. The predicted octanol–water partition coefficient (Wildman–Crippen LogP) is 4.11. The summed E-state index contributed by atoms with van der Waals surface area (Å²) < 4.78 is 13.7. The second-order valence-corrected chi connectivity index (χ2v) is 6.13. The molecule has 0 bridgehead atoms. The minimum atomic E-state index is -0.626. The maximum Gasteiger partial charge on any atom is 0.127 e. The summed E-state index contributed by atoms with van der Waals surface area (Å²) in [7, 11) is 0. The first-order valence-electron chi connectivity index (χ1n) is 7.35. The van der Waals surface area contributed by atoms with Gasteiger partial charge < -0.3 is 5.11 Å². The van der Waals surface area contributed by atoms with Crippen molar-refractivity contribution in [2.45, 2.75) is 38.2 Å². The van der Waals surface area contributed by atoms with Gasteiger partial charge in [-0.15, -0.1) is 0 Å². The Morgan fingerprint density at radius 2 is 1.90 bits per heavy atom. The van der Waals surface area contributed by atoms with Crippen LogP contribution in [0.2, 0.25) is 5.02 Å². The molecule has 0 aromatic heterocycles. The highest BCUT2D eigenvalue weighted by Crippen LogP contribution is 2.25. The Morgan fingerprint density at radius 1 is 1.10 bits per heavy atom. The fraction of sp³-hybridized carbons (Fsp3) is 0.333. The van der Waals surface area contributed by atoms with E-state index >= 15 is 0 Å². The first-order chi connectivity index (χ1) is 10.1. The molecule has 0 radical (unpaired) electrons. The summed E-state index contributed by atoms with van der Waals surface area (Å²) in [5.74, 6) is -0.351. The zero-order valence-corrected chi connectivity index (χ0v) is 12.5. The topological polar surface area (TPSA) is 20.2 Å². The molecule has 1 aliphatic carbocycles. The van der Waals surface area contributed by atoms with Gasteiger partial charge in [0.2, 0.25) is 0 Å². The summed E-state index contributed by atoms with van der Waals surface area (Å²) >= 11 is 6.00. The van der Waals surface area contributed by atoms with Crippen molar-refractivity contribution in [3.8, 4) is 0 Å². The van der Waals surface area contributed by atoms with Gasteiger partial charge in [0.05, 0.1) is 6.10 Å². The lowest BCUT2D eigenvalue weighted by molar-refractivity contribution is 0.174. The third-order valence-corrected chi connectivity index (χ3v) is 4.49. The van der Waals surface area contributed by atoms with Crippen molar-refractivity contribution in [3.63, 3.8) is 0 Å². The third-order valence-electron chi connectivity index (χ3n) is 4.14. The van der Waals surface area contributed by atoms with Crippen molar-refractivity contribution in [1.82, 2.24) is 0 Å². The fourth-order valence-corrected chi connectivity index (χ4v) is 3.30. The van der Waals surface area contributed by atoms with E-state index in [1.54, 1.807) is 12.1 Å². The van der Waals surface area contributed by atoms with Crippen molar-refractivity contribution < 1.29 is 9.50 Å². The van der Waals surface area contributed by atoms with Gasteiger partial charge in [-0.1, -0.05) is 35.9 Å². The molecule has 0 saturated heterocycles. The molecule has 1 unspecified atom stereocenters. The molecule has 2 aromatic rings. The van der Waals surface area contributed by atoms with E-state index in [0.717, 1.165) is 18.4 Å². The highest BCUT2D eigenvalue weighted by atomic mass is 35.5. The summed E-state index contributed by atoms with van der Waals surface area (Å²) in [6.45, 7) is 0. The molecule has 1 atom stereocenters. The molecule has 1 aliphatic rings. The lowest BCUT2D eigenvalue weighted by Crippen LogP contribution is -2.15. The second-order valence-electron chi connectivity index (χ2n) is 5.72. The van der Waals surface area contributed by atoms with Crippen molar-refractivity contribution >= 4 is 11.6 Å². The number of aryl methyl sites for hydroxylation is 2. The Hall–Kier alpha value is -1.38. The van der Waals surface area contributed by atoms with Crippen molar-refractivity contribution in [2.24, 2.45) is 0 Å². The molecule has 1 nitrogen and oxygen atoms in total. The zero-order valence-electron chi connectivity index (χ0n) is 11.8. The maximum atomic E-state index is 13.7. The van der Waals surface area contributed by atoms with Crippen LogP contribution in [0.3, 0.4) is 0 Å². The average Bonchev–Trinajstić information content (AvgIpc) is 2.90. The molecular formula is C18H18ClFO. The molecule has 110 valence electrons. The Kier molecular flexibility index (Phi) is 4.27. The number of hydrogen-bond donors (Lipinski definition) is 1. The van der Waals surface area contributed by atoms with Crippen LogP contribution >= 0.6 is 11.6 Å². The predicted molar refractivity (Wildman–Crippen MR) is 83.3 cm³/mol. The number of aliphatic hydroxyl groups excluding tert-OH is 1. The summed E-state index contributed by atoms with van der Waals surface area (Å²) in [6.07, 6.45) is 3.63. The minimum absolute atomic E-state index is 0.239. The van der Waals surface area contributed by atoms with Crippen LogP contribution < -0.4 is 0 Å². The Morgan fingerprint density at radius 3 is 2.71 bits per heavy atom. The first-order valence-corrected chi connectivity index (χ1v) is 7.73. The lowest BCUT2D eigenvalue weighted by atomic mass is 9.98. The fourth-order valence-electron chi connectivity index (χ4n) is 3.06. The van der Waals surface area contributed by atoms with E-state index in [1.807, 2.05) is 0 Å². The highest BCUT2D eigenvalue weighted by Gasteiger charge is 2.15. The van der Waals surface area contributed by atoms with Gasteiger partial charge in [-0.25, -0.2) is 4.39 Å². The normalized spacial score (nSPS) is 15.0.